The number of aromatic nitrogens is 2. The summed E-state index contributed by atoms with van der Waals surface area (Å²) in [4.78, 5) is 4.16. The number of aliphatic hydroxyl groups is 1. The summed E-state index contributed by atoms with van der Waals surface area (Å²) in [6.45, 7) is 0.0760. The van der Waals surface area contributed by atoms with E-state index in [0.717, 1.165) is 16.3 Å². The molecule has 0 amide bonds. The summed E-state index contributed by atoms with van der Waals surface area (Å²) in [5.41, 5.74) is 3.27. The Hall–Kier alpha value is -1.87. The zero-order valence-electron chi connectivity index (χ0n) is 9.01. The molecular weight excluding hydrogens is 200 g/mol. The molecule has 0 atom stereocenters. The maximum absolute atomic E-state index is 9.15. The maximum Gasteiger partial charge on any atom is 0.0682 e. The van der Waals surface area contributed by atoms with E-state index < -0.39 is 0 Å². The third kappa shape index (κ3) is 1.15. The molecule has 0 aliphatic rings. The van der Waals surface area contributed by atoms with Crippen LogP contribution >= 0.6 is 0 Å². The van der Waals surface area contributed by atoms with E-state index in [4.69, 9.17) is 5.11 Å². The van der Waals surface area contributed by atoms with Crippen molar-refractivity contribution >= 4 is 21.8 Å². The van der Waals surface area contributed by atoms with Crippen LogP contribution in [0, 0.1) is 0 Å². The molecule has 2 aromatic heterocycles. The van der Waals surface area contributed by atoms with Gasteiger partial charge in [0.2, 0.25) is 0 Å². The lowest BCUT2D eigenvalue weighted by Gasteiger charge is -1.98. The molecule has 0 saturated carbocycles. The van der Waals surface area contributed by atoms with Crippen molar-refractivity contribution in [1.29, 1.82) is 0 Å². The van der Waals surface area contributed by atoms with Crippen LogP contribution < -0.4 is 0 Å². The molecule has 0 spiro atoms. The molecule has 0 bridgehead atoms. The lowest BCUT2D eigenvalue weighted by atomic mass is 10.1. The molecular formula is C13H12N2O. The van der Waals surface area contributed by atoms with Gasteiger partial charge in [-0.15, -0.1) is 0 Å². The highest BCUT2D eigenvalue weighted by Gasteiger charge is 2.07. The molecule has 16 heavy (non-hydrogen) atoms. The Kier molecular flexibility index (Phi) is 1.94. The molecule has 0 radical (unpaired) electrons. The summed E-state index contributed by atoms with van der Waals surface area (Å²) in [5.74, 6) is 0. The van der Waals surface area contributed by atoms with E-state index in [0.29, 0.717) is 0 Å². The number of fused-ring (bicyclic) bond motifs is 3. The summed E-state index contributed by atoms with van der Waals surface area (Å²) in [7, 11) is 2.04. The number of aliphatic hydroxyl groups excluding tert-OH is 1. The van der Waals surface area contributed by atoms with Gasteiger partial charge in [-0.25, -0.2) is 0 Å². The number of hydrogen-bond acceptors (Lipinski definition) is 2. The topological polar surface area (TPSA) is 38.0 Å². The highest BCUT2D eigenvalue weighted by Crippen LogP contribution is 2.27. The lowest BCUT2D eigenvalue weighted by Crippen LogP contribution is -1.87. The fourth-order valence-electron chi connectivity index (χ4n) is 2.21. The van der Waals surface area contributed by atoms with Crippen molar-refractivity contribution < 1.29 is 5.11 Å². The molecule has 0 aliphatic heterocycles. The van der Waals surface area contributed by atoms with Crippen molar-refractivity contribution in [2.45, 2.75) is 6.61 Å². The van der Waals surface area contributed by atoms with E-state index in [9.17, 15) is 0 Å². The van der Waals surface area contributed by atoms with Crippen LogP contribution in [0.25, 0.3) is 21.8 Å². The molecule has 3 nitrogen and oxygen atoms in total. The highest BCUT2D eigenvalue weighted by molar-refractivity contribution is 6.07. The Morgan fingerprint density at radius 2 is 2.00 bits per heavy atom. The molecule has 0 unspecified atom stereocenters. The second-order valence-corrected chi connectivity index (χ2v) is 3.96. The average molecular weight is 212 g/mol. The van der Waals surface area contributed by atoms with Gasteiger partial charge in [-0.1, -0.05) is 6.07 Å². The van der Waals surface area contributed by atoms with Crippen LogP contribution in [-0.2, 0) is 13.7 Å². The third-order valence-corrected chi connectivity index (χ3v) is 3.05. The third-order valence-electron chi connectivity index (χ3n) is 3.05. The number of nitrogens with zero attached hydrogens (tertiary/aromatic N) is 2. The van der Waals surface area contributed by atoms with E-state index in [1.165, 1.54) is 11.0 Å². The quantitative estimate of drug-likeness (QED) is 0.671. The first-order valence-electron chi connectivity index (χ1n) is 5.23. The van der Waals surface area contributed by atoms with E-state index >= 15 is 0 Å². The normalized spacial score (nSPS) is 11.4. The number of aryl methyl sites for hydroxylation is 1. The van der Waals surface area contributed by atoms with Gasteiger partial charge < -0.3 is 9.67 Å². The van der Waals surface area contributed by atoms with E-state index in [2.05, 4.69) is 9.55 Å². The van der Waals surface area contributed by atoms with Crippen molar-refractivity contribution in [3.8, 4) is 0 Å². The minimum Gasteiger partial charge on any atom is -0.392 e. The minimum atomic E-state index is 0.0760. The fraction of sp³-hybridized carbons (Fsp3) is 0.154. The zero-order valence-corrected chi connectivity index (χ0v) is 9.01. The van der Waals surface area contributed by atoms with Crippen LogP contribution in [0.4, 0.5) is 0 Å². The van der Waals surface area contributed by atoms with Crippen molar-refractivity contribution in [1.82, 2.24) is 9.55 Å². The van der Waals surface area contributed by atoms with Crippen molar-refractivity contribution in [2.24, 2.45) is 7.05 Å². The SMILES string of the molecule is Cn1c2ccncc2c2cc(CO)ccc21. The van der Waals surface area contributed by atoms with Crippen LogP contribution in [0.15, 0.2) is 36.7 Å². The molecule has 80 valence electrons. The Bertz CT molecular complexity index is 670. The van der Waals surface area contributed by atoms with Crippen molar-refractivity contribution in [3.63, 3.8) is 0 Å². The number of benzene rings is 1. The molecule has 0 saturated heterocycles. The Labute approximate surface area is 93.0 Å². The van der Waals surface area contributed by atoms with Gasteiger partial charge in [-0.3, -0.25) is 4.98 Å². The Balaban J connectivity index is 2.52. The second kappa shape index (κ2) is 3.32. The van der Waals surface area contributed by atoms with Crippen LogP contribution in [0.1, 0.15) is 5.56 Å². The van der Waals surface area contributed by atoms with Gasteiger partial charge in [-0.05, 0) is 23.8 Å². The minimum absolute atomic E-state index is 0.0760. The fourth-order valence-corrected chi connectivity index (χ4v) is 2.21. The lowest BCUT2D eigenvalue weighted by molar-refractivity contribution is 0.282. The summed E-state index contributed by atoms with van der Waals surface area (Å²) in [6.07, 6.45) is 3.67. The van der Waals surface area contributed by atoms with Gasteiger partial charge >= 0.3 is 0 Å². The molecule has 0 fully saturated rings. The Morgan fingerprint density at radius 3 is 2.81 bits per heavy atom. The van der Waals surface area contributed by atoms with Crippen LogP contribution in [0.3, 0.4) is 0 Å². The van der Waals surface area contributed by atoms with Gasteiger partial charge in [0.15, 0.2) is 0 Å². The molecule has 0 aliphatic carbocycles. The summed E-state index contributed by atoms with van der Waals surface area (Å²) in [5, 5.41) is 11.4. The average Bonchev–Trinajstić information content (AvgIpc) is 2.64. The van der Waals surface area contributed by atoms with Gasteiger partial charge in [0.05, 0.1) is 12.1 Å². The predicted molar refractivity (Wildman–Crippen MR) is 64.1 cm³/mol. The van der Waals surface area contributed by atoms with Crippen molar-refractivity contribution in [2.75, 3.05) is 0 Å². The molecule has 3 rings (SSSR count). The highest BCUT2D eigenvalue weighted by atomic mass is 16.3. The first-order valence-corrected chi connectivity index (χ1v) is 5.23. The summed E-state index contributed by atoms with van der Waals surface area (Å²) in [6, 6.07) is 8.03. The maximum atomic E-state index is 9.15. The second-order valence-electron chi connectivity index (χ2n) is 3.96. The largest absolute Gasteiger partial charge is 0.392 e. The van der Waals surface area contributed by atoms with Crippen LogP contribution in [-0.4, -0.2) is 14.7 Å². The van der Waals surface area contributed by atoms with E-state index in [1.54, 1.807) is 6.20 Å². The molecule has 3 heteroatoms. The van der Waals surface area contributed by atoms with Gasteiger partial charge in [-0.2, -0.15) is 0 Å². The van der Waals surface area contributed by atoms with Gasteiger partial charge in [0.25, 0.3) is 0 Å². The monoisotopic (exact) mass is 212 g/mol. The first-order chi connectivity index (χ1) is 7.81. The number of pyridine rings is 1. The van der Waals surface area contributed by atoms with Gasteiger partial charge in [0, 0.05) is 35.7 Å². The standard InChI is InChI=1S/C13H12N2O/c1-15-12-3-2-9(8-16)6-10(12)11-7-14-5-4-13(11)15/h2-7,16H,8H2,1H3. The molecule has 1 aromatic carbocycles. The summed E-state index contributed by atoms with van der Waals surface area (Å²) >= 11 is 0. The van der Waals surface area contributed by atoms with Crippen LogP contribution in [0.2, 0.25) is 0 Å². The van der Waals surface area contributed by atoms with E-state index in [-0.39, 0.29) is 6.61 Å². The smallest absolute Gasteiger partial charge is 0.0682 e. The van der Waals surface area contributed by atoms with Crippen molar-refractivity contribution in [3.05, 3.63) is 42.2 Å². The summed E-state index contributed by atoms with van der Waals surface area (Å²) < 4.78 is 2.15. The Morgan fingerprint density at radius 1 is 1.19 bits per heavy atom. The van der Waals surface area contributed by atoms with E-state index in [1.807, 2.05) is 37.5 Å². The van der Waals surface area contributed by atoms with Crippen LogP contribution in [0.5, 0.6) is 0 Å². The molecule has 2 heterocycles. The molecule has 3 aromatic rings. The predicted octanol–water partition coefficient (Wildman–Crippen LogP) is 2.22. The number of hydrogen-bond donors (Lipinski definition) is 1. The number of rotatable bonds is 1. The first kappa shape index (κ1) is 9.36. The molecule has 1 N–H and O–H groups in total. The zero-order chi connectivity index (χ0) is 11.1. The van der Waals surface area contributed by atoms with Gasteiger partial charge in [0.1, 0.15) is 0 Å².